The lowest BCUT2D eigenvalue weighted by Gasteiger charge is -2.06. The summed E-state index contributed by atoms with van der Waals surface area (Å²) in [5.74, 6) is -0.486. The molecule has 0 fully saturated rings. The van der Waals surface area contributed by atoms with Crippen molar-refractivity contribution in [2.75, 3.05) is 0 Å². The van der Waals surface area contributed by atoms with Gasteiger partial charge < -0.3 is 0 Å². The number of carbonyl (C=O) groups is 1. The third-order valence-electron chi connectivity index (χ3n) is 2.59. The van der Waals surface area contributed by atoms with Crippen LogP contribution >= 0.6 is 0 Å². The molecule has 0 spiro atoms. The van der Waals surface area contributed by atoms with Crippen LogP contribution < -0.4 is 0 Å². The summed E-state index contributed by atoms with van der Waals surface area (Å²) in [6.45, 7) is 0. The minimum absolute atomic E-state index is 0.0000321. The van der Waals surface area contributed by atoms with Crippen LogP contribution in [0.5, 0.6) is 0 Å². The molecule has 2 aromatic rings. The van der Waals surface area contributed by atoms with E-state index in [0.717, 1.165) is 12.1 Å². The maximum atomic E-state index is 12.5. The molecule has 0 aliphatic heterocycles. The number of halogens is 3. The minimum Gasteiger partial charge on any atom is -0.289 e. The monoisotopic (exact) mass is 277 g/mol. The van der Waals surface area contributed by atoms with E-state index in [1.165, 1.54) is 24.3 Å². The zero-order chi connectivity index (χ0) is 14.6. The van der Waals surface area contributed by atoms with Crippen LogP contribution in [0.25, 0.3) is 6.08 Å². The lowest BCUT2D eigenvalue weighted by atomic mass is 10.1. The quantitative estimate of drug-likeness (QED) is 0.627. The van der Waals surface area contributed by atoms with Crippen molar-refractivity contribution in [3.05, 3.63) is 71.6 Å². The molecule has 0 aliphatic carbocycles. The number of benzene rings is 1. The fourth-order valence-corrected chi connectivity index (χ4v) is 1.59. The first-order valence-electron chi connectivity index (χ1n) is 5.76. The van der Waals surface area contributed by atoms with E-state index in [4.69, 9.17) is 0 Å². The molecule has 0 aliphatic rings. The smallest absolute Gasteiger partial charge is 0.289 e. The number of pyridine rings is 1. The molecule has 0 bridgehead atoms. The number of alkyl halides is 3. The molecule has 0 radical (unpaired) electrons. The van der Waals surface area contributed by atoms with Crippen molar-refractivity contribution >= 4 is 11.9 Å². The molecule has 0 atom stereocenters. The zero-order valence-corrected chi connectivity index (χ0v) is 10.3. The number of carbonyl (C=O) groups excluding carboxylic acids is 1. The first-order chi connectivity index (χ1) is 9.47. The number of hydrogen-bond acceptors (Lipinski definition) is 2. The van der Waals surface area contributed by atoms with Gasteiger partial charge in [0, 0.05) is 18.0 Å². The average Bonchev–Trinajstić information content (AvgIpc) is 2.45. The van der Waals surface area contributed by atoms with Gasteiger partial charge in [0.2, 0.25) is 0 Å². The summed E-state index contributed by atoms with van der Waals surface area (Å²) in [4.78, 5) is 15.7. The molecular formula is C15H10F3NO. The molecule has 1 heterocycles. The van der Waals surface area contributed by atoms with Crippen molar-refractivity contribution in [2.24, 2.45) is 0 Å². The lowest BCUT2D eigenvalue weighted by Crippen LogP contribution is -2.06. The van der Waals surface area contributed by atoms with Gasteiger partial charge in [-0.05, 0) is 35.9 Å². The van der Waals surface area contributed by atoms with Gasteiger partial charge >= 0.3 is 6.18 Å². The van der Waals surface area contributed by atoms with Gasteiger partial charge in [-0.2, -0.15) is 13.2 Å². The molecular weight excluding hydrogens is 267 g/mol. The third kappa shape index (κ3) is 3.54. The van der Waals surface area contributed by atoms with E-state index >= 15 is 0 Å². The second-order valence-electron chi connectivity index (χ2n) is 4.06. The molecule has 1 aromatic heterocycles. The molecule has 2 rings (SSSR count). The Morgan fingerprint density at radius 3 is 2.60 bits per heavy atom. The molecule has 0 amide bonds. The van der Waals surface area contributed by atoms with Gasteiger partial charge in [0.25, 0.3) is 0 Å². The van der Waals surface area contributed by atoms with Gasteiger partial charge in [0.15, 0.2) is 5.78 Å². The van der Waals surface area contributed by atoms with Crippen molar-refractivity contribution in [1.29, 1.82) is 0 Å². The summed E-state index contributed by atoms with van der Waals surface area (Å²) in [6.07, 6.45) is 1.42. The zero-order valence-electron chi connectivity index (χ0n) is 10.3. The van der Waals surface area contributed by atoms with E-state index < -0.39 is 17.5 Å². The number of ketones is 1. The van der Waals surface area contributed by atoms with Crippen LogP contribution in [0.3, 0.4) is 0 Å². The topological polar surface area (TPSA) is 30.0 Å². The van der Waals surface area contributed by atoms with Gasteiger partial charge in [-0.25, -0.2) is 0 Å². The SMILES string of the molecule is O=C(/C=C/c1cccnc1)c1cccc(C(F)(F)F)c1. The van der Waals surface area contributed by atoms with Crippen LogP contribution in [0.15, 0.2) is 54.9 Å². The predicted molar refractivity (Wildman–Crippen MR) is 69.0 cm³/mol. The maximum absolute atomic E-state index is 12.5. The van der Waals surface area contributed by atoms with Crippen LogP contribution in [-0.4, -0.2) is 10.8 Å². The molecule has 102 valence electrons. The second kappa shape index (κ2) is 5.69. The molecule has 2 nitrogen and oxygen atoms in total. The number of hydrogen-bond donors (Lipinski definition) is 0. The van der Waals surface area contributed by atoms with E-state index in [9.17, 15) is 18.0 Å². The summed E-state index contributed by atoms with van der Waals surface area (Å²) in [6, 6.07) is 7.79. The molecule has 0 unspecified atom stereocenters. The molecule has 0 saturated heterocycles. The summed E-state index contributed by atoms with van der Waals surface area (Å²) < 4.78 is 37.6. The summed E-state index contributed by atoms with van der Waals surface area (Å²) in [5, 5.41) is 0. The summed E-state index contributed by atoms with van der Waals surface area (Å²) in [7, 11) is 0. The predicted octanol–water partition coefficient (Wildman–Crippen LogP) is 4.00. The summed E-state index contributed by atoms with van der Waals surface area (Å²) >= 11 is 0. The standard InChI is InChI=1S/C15H10F3NO/c16-15(17,18)13-5-1-4-12(9-13)14(20)7-6-11-3-2-8-19-10-11/h1-10H/b7-6+. The van der Waals surface area contributed by atoms with Gasteiger partial charge in [-0.3, -0.25) is 9.78 Å². The minimum atomic E-state index is -4.46. The van der Waals surface area contributed by atoms with Crippen molar-refractivity contribution < 1.29 is 18.0 Å². The number of aromatic nitrogens is 1. The fraction of sp³-hybridized carbons (Fsp3) is 0.0667. The third-order valence-corrected chi connectivity index (χ3v) is 2.59. The Balaban J connectivity index is 2.20. The maximum Gasteiger partial charge on any atom is 0.416 e. The van der Waals surface area contributed by atoms with E-state index in [-0.39, 0.29) is 5.56 Å². The van der Waals surface area contributed by atoms with Crippen molar-refractivity contribution in [3.8, 4) is 0 Å². The highest BCUT2D eigenvalue weighted by atomic mass is 19.4. The van der Waals surface area contributed by atoms with Gasteiger partial charge in [-0.1, -0.05) is 18.2 Å². The van der Waals surface area contributed by atoms with Crippen molar-refractivity contribution in [2.45, 2.75) is 6.18 Å². The second-order valence-corrected chi connectivity index (χ2v) is 4.06. The van der Waals surface area contributed by atoms with Crippen LogP contribution in [0.4, 0.5) is 13.2 Å². The Kier molecular flexibility index (Phi) is 3.98. The normalized spacial score (nSPS) is 11.8. The van der Waals surface area contributed by atoms with Crippen LogP contribution in [0.1, 0.15) is 21.5 Å². The van der Waals surface area contributed by atoms with Crippen molar-refractivity contribution in [1.82, 2.24) is 4.98 Å². The lowest BCUT2D eigenvalue weighted by molar-refractivity contribution is -0.137. The summed E-state index contributed by atoms with van der Waals surface area (Å²) in [5.41, 5.74) is -0.133. The van der Waals surface area contributed by atoms with E-state index in [0.29, 0.717) is 5.56 Å². The van der Waals surface area contributed by atoms with Crippen molar-refractivity contribution in [3.63, 3.8) is 0 Å². The Morgan fingerprint density at radius 1 is 1.15 bits per heavy atom. The number of allylic oxidation sites excluding steroid dienone is 1. The largest absolute Gasteiger partial charge is 0.416 e. The Morgan fingerprint density at radius 2 is 1.95 bits per heavy atom. The first kappa shape index (κ1) is 14.0. The highest BCUT2D eigenvalue weighted by molar-refractivity contribution is 6.06. The van der Waals surface area contributed by atoms with Gasteiger partial charge in [0.05, 0.1) is 5.56 Å². The average molecular weight is 277 g/mol. The van der Waals surface area contributed by atoms with E-state index in [1.54, 1.807) is 24.5 Å². The molecule has 5 heteroatoms. The number of nitrogens with zero attached hydrogens (tertiary/aromatic N) is 1. The highest BCUT2D eigenvalue weighted by Gasteiger charge is 2.30. The van der Waals surface area contributed by atoms with E-state index in [1.807, 2.05) is 0 Å². The van der Waals surface area contributed by atoms with Gasteiger partial charge in [0.1, 0.15) is 0 Å². The van der Waals surface area contributed by atoms with E-state index in [2.05, 4.69) is 4.98 Å². The van der Waals surface area contributed by atoms with Crippen LogP contribution in [0.2, 0.25) is 0 Å². The Bertz CT molecular complexity index is 633. The molecule has 20 heavy (non-hydrogen) atoms. The van der Waals surface area contributed by atoms with Gasteiger partial charge in [-0.15, -0.1) is 0 Å². The van der Waals surface area contributed by atoms with Crippen LogP contribution in [-0.2, 0) is 6.18 Å². The number of rotatable bonds is 3. The Hall–Kier alpha value is -2.43. The molecule has 0 saturated carbocycles. The molecule has 1 aromatic carbocycles. The van der Waals surface area contributed by atoms with Crippen LogP contribution in [0, 0.1) is 0 Å². The fourth-order valence-electron chi connectivity index (χ4n) is 1.59. The highest BCUT2D eigenvalue weighted by Crippen LogP contribution is 2.29. The Labute approximate surface area is 113 Å². The molecule has 0 N–H and O–H groups in total. The first-order valence-corrected chi connectivity index (χ1v) is 5.76.